The molecule has 5 rings (SSSR count). The molecule has 0 saturated heterocycles. The predicted octanol–water partition coefficient (Wildman–Crippen LogP) is 6.58. The fourth-order valence-corrected chi connectivity index (χ4v) is 5.76. The molecule has 1 aromatic carbocycles. The van der Waals surface area contributed by atoms with Crippen LogP contribution in [0.5, 0.6) is 0 Å². The zero-order chi connectivity index (χ0) is 24.9. The quantitative estimate of drug-likeness (QED) is 0.332. The first-order chi connectivity index (χ1) is 16.6. The van der Waals surface area contributed by atoms with E-state index in [1.165, 1.54) is 17.4 Å². The van der Waals surface area contributed by atoms with Crippen molar-refractivity contribution < 1.29 is 18.0 Å². The van der Waals surface area contributed by atoms with E-state index in [-0.39, 0.29) is 18.5 Å². The second kappa shape index (κ2) is 8.80. The van der Waals surface area contributed by atoms with E-state index in [4.69, 9.17) is 17.3 Å². The van der Waals surface area contributed by atoms with Gasteiger partial charge in [-0.05, 0) is 73.4 Å². The molecular weight excluding hydrogens is 497 g/mol. The van der Waals surface area contributed by atoms with Gasteiger partial charge >= 0.3 is 6.18 Å². The van der Waals surface area contributed by atoms with E-state index in [2.05, 4.69) is 9.97 Å². The monoisotopic (exact) mass is 516 g/mol. The Balaban J connectivity index is 1.52. The normalized spacial score (nSPS) is 15.4. The molecule has 0 spiro atoms. The smallest absolute Gasteiger partial charge is 0.383 e. The molecule has 1 atom stereocenters. The highest BCUT2D eigenvalue weighted by molar-refractivity contribution is 7.16. The Morgan fingerprint density at radius 1 is 1.23 bits per heavy atom. The summed E-state index contributed by atoms with van der Waals surface area (Å²) >= 11 is 7.73. The van der Waals surface area contributed by atoms with Gasteiger partial charge in [0, 0.05) is 22.0 Å². The number of amides is 1. The van der Waals surface area contributed by atoms with Gasteiger partial charge in [0.05, 0.1) is 33.7 Å². The molecule has 180 valence electrons. The second-order valence-electron chi connectivity index (χ2n) is 8.55. The number of carbonyl (C=O) groups is 1. The minimum atomic E-state index is -4.48. The molecule has 4 aromatic rings. The van der Waals surface area contributed by atoms with Crippen LogP contribution >= 0.6 is 22.9 Å². The Morgan fingerprint density at radius 3 is 2.74 bits per heavy atom. The number of hydrogen-bond acceptors (Lipinski definition) is 5. The van der Waals surface area contributed by atoms with Crippen molar-refractivity contribution >= 4 is 45.6 Å². The fourth-order valence-electron chi connectivity index (χ4n) is 4.41. The van der Waals surface area contributed by atoms with Gasteiger partial charge in [0.2, 0.25) is 0 Å². The molecule has 2 N–H and O–H groups in total. The summed E-state index contributed by atoms with van der Waals surface area (Å²) in [6, 6.07) is 11.0. The first kappa shape index (κ1) is 23.6. The number of aryl methyl sites for hydroxylation is 2. The number of aromatic nitrogens is 2. The van der Waals surface area contributed by atoms with E-state index < -0.39 is 11.7 Å². The third-order valence-electron chi connectivity index (χ3n) is 6.23. The third-order valence-corrected chi connectivity index (χ3v) is 7.57. The number of alkyl halides is 3. The van der Waals surface area contributed by atoms with E-state index in [0.717, 1.165) is 40.1 Å². The van der Waals surface area contributed by atoms with Gasteiger partial charge < -0.3 is 10.6 Å². The molecule has 0 fully saturated rings. The molecule has 0 unspecified atom stereocenters. The largest absolute Gasteiger partial charge is 0.417 e. The Hall–Kier alpha value is -3.17. The summed E-state index contributed by atoms with van der Waals surface area (Å²) < 4.78 is 39.6. The second-order valence-corrected chi connectivity index (χ2v) is 10.3. The van der Waals surface area contributed by atoms with Gasteiger partial charge in [-0.3, -0.25) is 9.78 Å². The summed E-state index contributed by atoms with van der Waals surface area (Å²) in [5.41, 5.74) is 8.36. The number of nitrogen functional groups attached to an aromatic ring is 1. The standard InChI is InChI=1S/C25H20ClF3N4OS/c1-13-8-15-9-14(2-5-19(15)32-23(13)30)24(34)33(20-6-7-21-18(20)10-22(26)35-21)12-17-4-3-16(11-31-17)25(27,28)29/h2-5,8-11,20H,6-7,12H2,1H3,(H2,30,32)/t20-/m0/s1. The molecule has 3 aromatic heterocycles. The van der Waals surface area contributed by atoms with Crippen molar-refractivity contribution in [1.82, 2.24) is 14.9 Å². The maximum absolute atomic E-state index is 13.8. The molecule has 1 aliphatic rings. The van der Waals surface area contributed by atoms with Crippen LogP contribution in [0.4, 0.5) is 19.0 Å². The summed E-state index contributed by atoms with van der Waals surface area (Å²) in [6.07, 6.45) is -2.19. The number of fused-ring (bicyclic) bond motifs is 2. The molecule has 10 heteroatoms. The van der Waals surface area contributed by atoms with Crippen LogP contribution < -0.4 is 5.73 Å². The highest BCUT2D eigenvalue weighted by Crippen LogP contribution is 2.43. The van der Waals surface area contributed by atoms with Gasteiger partial charge in [-0.1, -0.05) is 11.6 Å². The summed E-state index contributed by atoms with van der Waals surface area (Å²) in [6.45, 7) is 1.91. The number of anilines is 1. The van der Waals surface area contributed by atoms with Gasteiger partial charge in [0.25, 0.3) is 5.91 Å². The van der Waals surface area contributed by atoms with Gasteiger partial charge in [-0.15, -0.1) is 11.3 Å². The Bertz CT molecular complexity index is 1440. The Kier molecular flexibility index (Phi) is 5.93. The number of nitrogens with two attached hydrogens (primary N) is 1. The minimum Gasteiger partial charge on any atom is -0.383 e. The van der Waals surface area contributed by atoms with Crippen molar-refractivity contribution in [3.63, 3.8) is 0 Å². The van der Waals surface area contributed by atoms with Crippen molar-refractivity contribution in [2.45, 2.75) is 38.5 Å². The van der Waals surface area contributed by atoms with Crippen molar-refractivity contribution in [3.8, 4) is 0 Å². The number of halogens is 4. The van der Waals surface area contributed by atoms with E-state index in [1.54, 1.807) is 23.1 Å². The Morgan fingerprint density at radius 2 is 2.03 bits per heavy atom. The lowest BCUT2D eigenvalue weighted by atomic mass is 10.0. The van der Waals surface area contributed by atoms with Crippen LogP contribution in [0.25, 0.3) is 10.9 Å². The number of rotatable bonds is 4. The van der Waals surface area contributed by atoms with Gasteiger partial charge in [-0.25, -0.2) is 4.98 Å². The van der Waals surface area contributed by atoms with Gasteiger partial charge in [0.1, 0.15) is 5.82 Å². The molecule has 35 heavy (non-hydrogen) atoms. The lowest BCUT2D eigenvalue weighted by Gasteiger charge is -2.29. The van der Waals surface area contributed by atoms with Crippen LogP contribution in [0, 0.1) is 6.92 Å². The molecule has 0 bridgehead atoms. The fraction of sp³-hybridized carbons (Fsp3) is 0.240. The number of benzene rings is 1. The molecule has 1 aliphatic carbocycles. The highest BCUT2D eigenvalue weighted by atomic mass is 35.5. The maximum Gasteiger partial charge on any atom is 0.417 e. The number of nitrogens with zero attached hydrogens (tertiary/aromatic N) is 3. The van der Waals surface area contributed by atoms with Crippen LogP contribution in [0.2, 0.25) is 4.34 Å². The van der Waals surface area contributed by atoms with Crippen molar-refractivity contribution in [1.29, 1.82) is 0 Å². The lowest BCUT2D eigenvalue weighted by molar-refractivity contribution is -0.137. The molecule has 5 nitrogen and oxygen atoms in total. The average Bonchev–Trinajstić information content (AvgIpc) is 3.36. The maximum atomic E-state index is 13.8. The van der Waals surface area contributed by atoms with E-state index in [0.29, 0.717) is 33.3 Å². The SMILES string of the molecule is Cc1cc2cc(C(=O)N(Cc3ccc(C(F)(F)F)cn3)[C@H]3CCc4sc(Cl)cc43)ccc2nc1N. The zero-order valence-corrected chi connectivity index (χ0v) is 20.1. The van der Waals surface area contributed by atoms with E-state index in [9.17, 15) is 18.0 Å². The highest BCUT2D eigenvalue weighted by Gasteiger charge is 2.34. The van der Waals surface area contributed by atoms with Crippen LogP contribution in [0.3, 0.4) is 0 Å². The average molecular weight is 517 g/mol. The van der Waals surface area contributed by atoms with Crippen molar-refractivity contribution in [3.05, 3.63) is 85.8 Å². The molecule has 1 amide bonds. The predicted molar refractivity (Wildman–Crippen MR) is 130 cm³/mol. The number of thiophene rings is 1. The van der Waals surface area contributed by atoms with E-state index >= 15 is 0 Å². The molecule has 0 saturated carbocycles. The summed E-state index contributed by atoms with van der Waals surface area (Å²) in [5, 5.41) is 0.779. The first-order valence-corrected chi connectivity index (χ1v) is 12.1. The Labute approximate surface area is 208 Å². The summed E-state index contributed by atoms with van der Waals surface area (Å²) in [4.78, 5) is 25.0. The topological polar surface area (TPSA) is 72.1 Å². The molecule has 0 radical (unpaired) electrons. The zero-order valence-electron chi connectivity index (χ0n) is 18.6. The van der Waals surface area contributed by atoms with Crippen LogP contribution in [0.1, 0.15) is 50.1 Å². The number of carbonyl (C=O) groups excluding carboxylic acids is 1. The van der Waals surface area contributed by atoms with E-state index in [1.807, 2.05) is 19.1 Å². The van der Waals surface area contributed by atoms with Crippen LogP contribution in [0.15, 0.2) is 48.7 Å². The third kappa shape index (κ3) is 4.58. The van der Waals surface area contributed by atoms with Gasteiger partial charge in [-0.2, -0.15) is 13.2 Å². The van der Waals surface area contributed by atoms with Crippen molar-refractivity contribution in [2.24, 2.45) is 0 Å². The summed E-state index contributed by atoms with van der Waals surface area (Å²) in [7, 11) is 0. The minimum absolute atomic E-state index is 0.0611. The lowest BCUT2D eigenvalue weighted by Crippen LogP contribution is -2.34. The van der Waals surface area contributed by atoms with Crippen LogP contribution in [-0.2, 0) is 19.1 Å². The van der Waals surface area contributed by atoms with Crippen LogP contribution in [-0.4, -0.2) is 20.8 Å². The molecule has 3 heterocycles. The summed E-state index contributed by atoms with van der Waals surface area (Å²) in [5.74, 6) is 0.183. The number of pyridine rings is 2. The van der Waals surface area contributed by atoms with Gasteiger partial charge in [0.15, 0.2) is 0 Å². The number of hydrogen-bond donors (Lipinski definition) is 1. The molecular formula is C25H20ClF3N4OS. The molecule has 0 aliphatic heterocycles. The van der Waals surface area contributed by atoms with Crippen molar-refractivity contribution in [2.75, 3.05) is 5.73 Å². The first-order valence-electron chi connectivity index (χ1n) is 10.9.